The normalized spacial score (nSPS) is 28.5. The zero-order valence-corrected chi connectivity index (χ0v) is 9.46. The summed E-state index contributed by atoms with van der Waals surface area (Å²) in [5.41, 5.74) is 5.50. The van der Waals surface area contributed by atoms with Gasteiger partial charge in [0.1, 0.15) is 0 Å². The predicted molar refractivity (Wildman–Crippen MR) is 59.3 cm³/mol. The molecule has 0 amide bonds. The molecule has 1 fully saturated rings. The lowest BCUT2D eigenvalue weighted by atomic mass is 9.89. The monoisotopic (exact) mass is 200 g/mol. The van der Waals surface area contributed by atoms with Crippen LogP contribution in [0.2, 0.25) is 0 Å². The molecule has 3 nitrogen and oxygen atoms in total. The van der Waals surface area contributed by atoms with Crippen molar-refractivity contribution in [1.82, 2.24) is 5.32 Å². The summed E-state index contributed by atoms with van der Waals surface area (Å²) in [6.45, 7) is 7.05. The van der Waals surface area contributed by atoms with Gasteiger partial charge in [-0.2, -0.15) is 0 Å². The second kappa shape index (κ2) is 6.38. The average Bonchev–Trinajstić information content (AvgIpc) is 2.09. The zero-order valence-electron chi connectivity index (χ0n) is 9.46. The zero-order chi connectivity index (χ0) is 10.4. The van der Waals surface area contributed by atoms with Crippen LogP contribution in [0.15, 0.2) is 0 Å². The van der Waals surface area contributed by atoms with Gasteiger partial charge in [-0.05, 0) is 45.2 Å². The predicted octanol–water partition coefficient (Wildman–Crippen LogP) is 1.13. The molecule has 0 bridgehead atoms. The van der Waals surface area contributed by atoms with Crippen molar-refractivity contribution in [3.8, 4) is 0 Å². The van der Waals surface area contributed by atoms with E-state index in [0.29, 0.717) is 18.1 Å². The van der Waals surface area contributed by atoms with Crippen LogP contribution < -0.4 is 11.1 Å². The highest BCUT2D eigenvalue weighted by Gasteiger charge is 2.28. The minimum atomic E-state index is 0.516. The topological polar surface area (TPSA) is 47.3 Å². The molecule has 84 valence electrons. The summed E-state index contributed by atoms with van der Waals surface area (Å²) in [5, 5.41) is 3.56. The highest BCUT2D eigenvalue weighted by molar-refractivity contribution is 4.86. The van der Waals surface area contributed by atoms with Gasteiger partial charge in [0.25, 0.3) is 0 Å². The van der Waals surface area contributed by atoms with Gasteiger partial charge in [0.15, 0.2) is 0 Å². The van der Waals surface area contributed by atoms with Gasteiger partial charge in [0, 0.05) is 12.6 Å². The van der Waals surface area contributed by atoms with Gasteiger partial charge in [0.2, 0.25) is 0 Å². The molecule has 1 unspecified atom stereocenters. The molecule has 1 aliphatic rings. The molecule has 0 aromatic heterocycles. The summed E-state index contributed by atoms with van der Waals surface area (Å²) < 4.78 is 5.50. The largest absolute Gasteiger partial charge is 0.378 e. The van der Waals surface area contributed by atoms with Crippen molar-refractivity contribution in [3.63, 3.8) is 0 Å². The third kappa shape index (κ3) is 3.95. The van der Waals surface area contributed by atoms with E-state index in [1.54, 1.807) is 0 Å². The van der Waals surface area contributed by atoms with Crippen LogP contribution in [0, 0.1) is 5.92 Å². The van der Waals surface area contributed by atoms with E-state index in [1.165, 1.54) is 12.8 Å². The number of nitrogens with one attached hydrogen (secondary N) is 1. The number of rotatable bonds is 7. The molecule has 0 saturated heterocycles. The summed E-state index contributed by atoms with van der Waals surface area (Å²) in [6, 6.07) is 0.687. The van der Waals surface area contributed by atoms with E-state index in [2.05, 4.69) is 19.2 Å². The molecular formula is C11H24N2O. The molecule has 1 saturated carbocycles. The number of hydrogen-bond acceptors (Lipinski definition) is 3. The Morgan fingerprint density at radius 3 is 2.79 bits per heavy atom. The molecule has 3 N–H and O–H groups in total. The van der Waals surface area contributed by atoms with Gasteiger partial charge in [-0.3, -0.25) is 0 Å². The van der Waals surface area contributed by atoms with Crippen LogP contribution in [-0.2, 0) is 4.74 Å². The molecule has 0 heterocycles. The molecule has 0 spiro atoms. The van der Waals surface area contributed by atoms with Crippen molar-refractivity contribution in [2.75, 3.05) is 19.7 Å². The first kappa shape index (κ1) is 12.0. The Hall–Kier alpha value is -0.120. The van der Waals surface area contributed by atoms with Gasteiger partial charge < -0.3 is 15.8 Å². The van der Waals surface area contributed by atoms with E-state index in [-0.39, 0.29) is 0 Å². The Morgan fingerprint density at radius 2 is 2.21 bits per heavy atom. The Balaban J connectivity index is 1.95. The van der Waals surface area contributed by atoms with Crippen LogP contribution in [0.5, 0.6) is 0 Å². The minimum absolute atomic E-state index is 0.516. The van der Waals surface area contributed by atoms with Crippen molar-refractivity contribution in [1.29, 1.82) is 0 Å². The molecular weight excluding hydrogens is 176 g/mol. The van der Waals surface area contributed by atoms with E-state index < -0.39 is 0 Å². The maximum Gasteiger partial charge on any atom is 0.0604 e. The van der Waals surface area contributed by atoms with Gasteiger partial charge >= 0.3 is 0 Å². The Morgan fingerprint density at radius 1 is 1.50 bits per heavy atom. The SMILES string of the molecule is CCOC1CC(NCC(C)CCN)C1. The average molecular weight is 200 g/mol. The number of nitrogens with two attached hydrogens (primary N) is 1. The summed E-state index contributed by atoms with van der Waals surface area (Å²) in [6.07, 6.45) is 4.00. The fourth-order valence-electron chi connectivity index (χ4n) is 1.86. The molecule has 1 rings (SSSR count). The van der Waals surface area contributed by atoms with E-state index >= 15 is 0 Å². The van der Waals surface area contributed by atoms with Crippen LogP contribution in [0.4, 0.5) is 0 Å². The fourth-order valence-corrected chi connectivity index (χ4v) is 1.86. The van der Waals surface area contributed by atoms with Gasteiger partial charge in [-0.1, -0.05) is 6.92 Å². The van der Waals surface area contributed by atoms with Crippen molar-refractivity contribution in [2.45, 2.75) is 45.3 Å². The van der Waals surface area contributed by atoms with E-state index in [4.69, 9.17) is 10.5 Å². The number of hydrogen-bond donors (Lipinski definition) is 2. The summed E-state index contributed by atoms with van der Waals surface area (Å²) in [4.78, 5) is 0. The fraction of sp³-hybridized carbons (Fsp3) is 1.00. The maximum absolute atomic E-state index is 5.50. The van der Waals surface area contributed by atoms with Crippen molar-refractivity contribution < 1.29 is 4.74 Å². The summed E-state index contributed by atoms with van der Waals surface area (Å²) >= 11 is 0. The lowest BCUT2D eigenvalue weighted by Crippen LogP contribution is -2.46. The highest BCUT2D eigenvalue weighted by atomic mass is 16.5. The van der Waals surface area contributed by atoms with Crippen molar-refractivity contribution >= 4 is 0 Å². The quantitative estimate of drug-likeness (QED) is 0.647. The smallest absolute Gasteiger partial charge is 0.0604 e. The second-order valence-corrected chi connectivity index (χ2v) is 4.34. The van der Waals surface area contributed by atoms with Crippen LogP contribution in [0.3, 0.4) is 0 Å². The maximum atomic E-state index is 5.50. The van der Waals surface area contributed by atoms with Crippen LogP contribution >= 0.6 is 0 Å². The molecule has 1 atom stereocenters. The Bertz CT molecular complexity index is 146. The first-order valence-electron chi connectivity index (χ1n) is 5.81. The molecule has 0 aliphatic heterocycles. The van der Waals surface area contributed by atoms with E-state index in [9.17, 15) is 0 Å². The number of ether oxygens (including phenoxy) is 1. The first-order chi connectivity index (χ1) is 6.76. The van der Waals surface area contributed by atoms with E-state index in [1.807, 2.05) is 0 Å². The second-order valence-electron chi connectivity index (χ2n) is 4.34. The molecule has 1 aliphatic carbocycles. The van der Waals surface area contributed by atoms with Crippen molar-refractivity contribution in [3.05, 3.63) is 0 Å². The van der Waals surface area contributed by atoms with E-state index in [0.717, 1.165) is 26.1 Å². The lowest BCUT2D eigenvalue weighted by Gasteiger charge is -2.36. The first-order valence-corrected chi connectivity index (χ1v) is 5.81. The summed E-state index contributed by atoms with van der Waals surface area (Å²) in [5.74, 6) is 0.700. The molecule has 0 aromatic rings. The van der Waals surface area contributed by atoms with Gasteiger partial charge in [-0.15, -0.1) is 0 Å². The molecule has 0 aromatic carbocycles. The van der Waals surface area contributed by atoms with Crippen LogP contribution in [-0.4, -0.2) is 31.8 Å². The lowest BCUT2D eigenvalue weighted by molar-refractivity contribution is -0.0104. The highest BCUT2D eigenvalue weighted by Crippen LogP contribution is 2.23. The molecule has 14 heavy (non-hydrogen) atoms. The molecule has 3 heteroatoms. The van der Waals surface area contributed by atoms with Crippen LogP contribution in [0.25, 0.3) is 0 Å². The van der Waals surface area contributed by atoms with Gasteiger partial charge in [0.05, 0.1) is 6.10 Å². The van der Waals surface area contributed by atoms with Crippen LogP contribution in [0.1, 0.15) is 33.1 Å². The minimum Gasteiger partial charge on any atom is -0.378 e. The van der Waals surface area contributed by atoms with Gasteiger partial charge in [-0.25, -0.2) is 0 Å². The molecule has 0 radical (unpaired) electrons. The third-order valence-corrected chi connectivity index (χ3v) is 2.91. The Labute approximate surface area is 87.4 Å². The summed E-state index contributed by atoms with van der Waals surface area (Å²) in [7, 11) is 0. The van der Waals surface area contributed by atoms with Crippen molar-refractivity contribution in [2.24, 2.45) is 11.7 Å². The standard InChI is InChI=1S/C11H24N2O/c1-3-14-11-6-10(7-11)13-8-9(2)4-5-12/h9-11,13H,3-8,12H2,1-2H3. The third-order valence-electron chi connectivity index (χ3n) is 2.91. The Kier molecular flexibility index (Phi) is 5.45.